The van der Waals surface area contributed by atoms with Gasteiger partial charge in [-0.2, -0.15) is 16.7 Å². The second-order valence-electron chi connectivity index (χ2n) is 5.05. The van der Waals surface area contributed by atoms with Crippen molar-refractivity contribution in [3.8, 4) is 0 Å². The van der Waals surface area contributed by atoms with Gasteiger partial charge in [0, 0.05) is 6.04 Å². The van der Waals surface area contributed by atoms with E-state index in [2.05, 4.69) is 10.1 Å². The highest BCUT2D eigenvalue weighted by molar-refractivity contribution is 7.99. The fraction of sp³-hybridized carbons (Fsp3) is 0.833. The molecular weight excluding hydrogens is 234 g/mol. The van der Waals surface area contributed by atoms with Crippen LogP contribution in [0.15, 0.2) is 4.52 Å². The van der Waals surface area contributed by atoms with Crippen LogP contribution in [-0.2, 0) is 0 Å². The number of nitrogens with two attached hydrogens (primary N) is 1. The van der Waals surface area contributed by atoms with Gasteiger partial charge in [0.2, 0.25) is 5.89 Å². The SMILES string of the molecule is NC1CCCC1c1nc(C2CCCCS2)no1. The summed E-state index contributed by atoms with van der Waals surface area (Å²) in [6.45, 7) is 0. The minimum Gasteiger partial charge on any atom is -0.339 e. The largest absolute Gasteiger partial charge is 0.339 e. The second kappa shape index (κ2) is 4.98. The molecule has 1 saturated carbocycles. The van der Waals surface area contributed by atoms with Crippen LogP contribution >= 0.6 is 11.8 Å². The summed E-state index contributed by atoms with van der Waals surface area (Å²) in [6, 6.07) is 0.210. The van der Waals surface area contributed by atoms with Crippen molar-refractivity contribution in [2.75, 3.05) is 5.75 Å². The molecule has 4 nitrogen and oxygen atoms in total. The molecule has 2 fully saturated rings. The molecule has 1 saturated heterocycles. The Kier molecular flexibility index (Phi) is 3.38. The Bertz CT molecular complexity index is 376. The first-order chi connectivity index (χ1) is 8.34. The number of thioether (sulfide) groups is 1. The molecule has 0 bridgehead atoms. The summed E-state index contributed by atoms with van der Waals surface area (Å²) in [5.41, 5.74) is 6.07. The first-order valence-electron chi connectivity index (χ1n) is 6.55. The van der Waals surface area contributed by atoms with E-state index in [4.69, 9.17) is 10.3 Å². The van der Waals surface area contributed by atoms with E-state index in [1.807, 2.05) is 11.8 Å². The summed E-state index contributed by atoms with van der Waals surface area (Å²) in [7, 11) is 0. The maximum atomic E-state index is 6.07. The molecular formula is C12H19N3OS. The van der Waals surface area contributed by atoms with Crippen LogP contribution in [0.5, 0.6) is 0 Å². The molecule has 1 aromatic heterocycles. The van der Waals surface area contributed by atoms with Crippen LogP contribution in [0.1, 0.15) is 61.4 Å². The number of nitrogens with zero attached hydrogens (tertiary/aromatic N) is 2. The Hall–Kier alpha value is -0.550. The van der Waals surface area contributed by atoms with Crippen molar-refractivity contribution in [2.45, 2.75) is 55.7 Å². The summed E-state index contributed by atoms with van der Waals surface area (Å²) in [4.78, 5) is 4.59. The lowest BCUT2D eigenvalue weighted by molar-refractivity contribution is 0.341. The summed E-state index contributed by atoms with van der Waals surface area (Å²) >= 11 is 1.96. The van der Waals surface area contributed by atoms with Gasteiger partial charge in [-0.05, 0) is 31.4 Å². The quantitative estimate of drug-likeness (QED) is 0.877. The highest BCUT2D eigenvalue weighted by Gasteiger charge is 2.31. The van der Waals surface area contributed by atoms with Gasteiger partial charge in [0.25, 0.3) is 0 Å². The van der Waals surface area contributed by atoms with Gasteiger partial charge in [0.15, 0.2) is 5.82 Å². The van der Waals surface area contributed by atoms with Crippen molar-refractivity contribution >= 4 is 11.8 Å². The Morgan fingerprint density at radius 1 is 1.18 bits per heavy atom. The summed E-state index contributed by atoms with van der Waals surface area (Å²) in [6.07, 6.45) is 7.15. The first kappa shape index (κ1) is 11.5. The van der Waals surface area contributed by atoms with E-state index in [1.54, 1.807) is 0 Å². The fourth-order valence-electron chi connectivity index (χ4n) is 2.77. The molecule has 3 rings (SSSR count). The normalized spacial score (nSPS) is 34.1. The molecule has 0 amide bonds. The van der Waals surface area contributed by atoms with E-state index in [1.165, 1.54) is 31.4 Å². The second-order valence-corrected chi connectivity index (χ2v) is 6.36. The van der Waals surface area contributed by atoms with Gasteiger partial charge < -0.3 is 10.3 Å². The standard InChI is InChI=1S/C12H19N3OS/c13-9-5-3-4-8(9)12-14-11(15-16-12)10-6-1-2-7-17-10/h8-10H,1-7,13H2. The Morgan fingerprint density at radius 2 is 2.12 bits per heavy atom. The molecule has 1 aromatic rings. The minimum absolute atomic E-state index is 0.210. The first-order valence-corrected chi connectivity index (χ1v) is 7.60. The smallest absolute Gasteiger partial charge is 0.231 e. The minimum atomic E-state index is 0.210. The van der Waals surface area contributed by atoms with Crippen LogP contribution in [-0.4, -0.2) is 21.9 Å². The number of aromatic nitrogens is 2. The van der Waals surface area contributed by atoms with Crippen LogP contribution in [0.3, 0.4) is 0 Å². The van der Waals surface area contributed by atoms with E-state index in [0.29, 0.717) is 11.2 Å². The molecule has 3 atom stereocenters. The molecule has 0 spiro atoms. The van der Waals surface area contributed by atoms with E-state index in [9.17, 15) is 0 Å². The van der Waals surface area contributed by atoms with Gasteiger partial charge in [-0.25, -0.2) is 0 Å². The van der Waals surface area contributed by atoms with Gasteiger partial charge in [-0.15, -0.1) is 0 Å². The van der Waals surface area contributed by atoms with Crippen LogP contribution in [0.25, 0.3) is 0 Å². The van der Waals surface area contributed by atoms with Crippen LogP contribution in [0, 0.1) is 0 Å². The molecule has 2 heterocycles. The lowest BCUT2D eigenvalue weighted by atomic mass is 10.1. The molecule has 1 aliphatic carbocycles. The zero-order chi connectivity index (χ0) is 11.7. The van der Waals surface area contributed by atoms with Crippen molar-refractivity contribution in [3.63, 3.8) is 0 Å². The van der Waals surface area contributed by atoms with Crippen LogP contribution < -0.4 is 5.73 Å². The molecule has 0 aromatic carbocycles. The van der Waals surface area contributed by atoms with Crippen LogP contribution in [0.4, 0.5) is 0 Å². The van der Waals surface area contributed by atoms with Crippen molar-refractivity contribution < 1.29 is 4.52 Å². The number of hydrogen-bond acceptors (Lipinski definition) is 5. The lowest BCUT2D eigenvalue weighted by Crippen LogP contribution is -2.23. The number of rotatable bonds is 2. The van der Waals surface area contributed by atoms with Gasteiger partial charge in [0.05, 0.1) is 11.2 Å². The van der Waals surface area contributed by atoms with Crippen molar-refractivity contribution in [1.82, 2.24) is 10.1 Å². The van der Waals surface area contributed by atoms with E-state index in [0.717, 1.165) is 24.6 Å². The molecule has 1 aliphatic heterocycles. The van der Waals surface area contributed by atoms with Crippen molar-refractivity contribution in [1.29, 1.82) is 0 Å². The third kappa shape index (κ3) is 2.36. The van der Waals surface area contributed by atoms with Crippen molar-refractivity contribution in [3.05, 3.63) is 11.7 Å². The maximum Gasteiger partial charge on any atom is 0.231 e. The zero-order valence-corrected chi connectivity index (χ0v) is 10.8. The molecule has 17 heavy (non-hydrogen) atoms. The van der Waals surface area contributed by atoms with Crippen molar-refractivity contribution in [2.24, 2.45) is 5.73 Å². The third-order valence-corrected chi connectivity index (χ3v) is 5.18. The van der Waals surface area contributed by atoms with Gasteiger partial charge in [-0.3, -0.25) is 0 Å². The van der Waals surface area contributed by atoms with Gasteiger partial charge >= 0.3 is 0 Å². The molecule has 0 radical (unpaired) electrons. The summed E-state index contributed by atoms with van der Waals surface area (Å²) in [5.74, 6) is 3.18. The zero-order valence-electron chi connectivity index (χ0n) is 9.97. The van der Waals surface area contributed by atoms with Gasteiger partial charge in [0.1, 0.15) is 0 Å². The highest BCUT2D eigenvalue weighted by Crippen LogP contribution is 2.38. The lowest BCUT2D eigenvalue weighted by Gasteiger charge is -2.17. The van der Waals surface area contributed by atoms with E-state index in [-0.39, 0.29) is 6.04 Å². The Morgan fingerprint density at radius 3 is 2.82 bits per heavy atom. The summed E-state index contributed by atoms with van der Waals surface area (Å²) in [5, 5.41) is 4.60. The molecule has 2 aliphatic rings. The fourth-order valence-corrected chi connectivity index (χ4v) is 4.00. The Balaban J connectivity index is 1.73. The number of hydrogen-bond donors (Lipinski definition) is 1. The average molecular weight is 253 g/mol. The summed E-state index contributed by atoms with van der Waals surface area (Å²) < 4.78 is 5.42. The predicted octanol–water partition coefficient (Wildman–Crippen LogP) is 2.62. The average Bonchev–Trinajstić information content (AvgIpc) is 2.98. The maximum absolute atomic E-state index is 6.07. The van der Waals surface area contributed by atoms with Gasteiger partial charge in [-0.1, -0.05) is 18.0 Å². The Labute approximate surface area is 106 Å². The topological polar surface area (TPSA) is 64.9 Å². The monoisotopic (exact) mass is 253 g/mol. The molecule has 94 valence electrons. The van der Waals surface area contributed by atoms with E-state index >= 15 is 0 Å². The highest BCUT2D eigenvalue weighted by atomic mass is 32.2. The van der Waals surface area contributed by atoms with E-state index < -0.39 is 0 Å². The molecule has 5 heteroatoms. The molecule has 2 N–H and O–H groups in total. The predicted molar refractivity (Wildman–Crippen MR) is 67.9 cm³/mol. The molecule has 3 unspecified atom stereocenters. The third-order valence-electron chi connectivity index (χ3n) is 3.81. The van der Waals surface area contributed by atoms with Crippen LogP contribution in [0.2, 0.25) is 0 Å².